The Hall–Kier alpha value is -4.94. The maximum absolute atomic E-state index is 14.2. The predicted octanol–water partition coefficient (Wildman–Crippen LogP) is 3.63. The molecule has 0 N–H and O–H groups in total. The summed E-state index contributed by atoms with van der Waals surface area (Å²) in [6.45, 7) is 3.20. The third kappa shape index (κ3) is 6.45. The van der Waals surface area contributed by atoms with Crippen molar-refractivity contribution in [1.82, 2.24) is 14.1 Å². The van der Waals surface area contributed by atoms with E-state index >= 15 is 0 Å². The molecule has 4 rings (SSSR count). The van der Waals surface area contributed by atoms with Gasteiger partial charge in [0.15, 0.2) is 0 Å². The van der Waals surface area contributed by atoms with Gasteiger partial charge in [-0.3, -0.25) is 14.2 Å². The molecule has 41 heavy (non-hydrogen) atoms. The van der Waals surface area contributed by atoms with Gasteiger partial charge in [-0.2, -0.15) is 8.96 Å². The molecular formula is C28H21ClFN3O8. The second kappa shape index (κ2) is 12.5. The van der Waals surface area contributed by atoms with Crippen LogP contribution in [0.5, 0.6) is 11.6 Å². The molecule has 210 valence electrons. The Morgan fingerprint density at radius 2 is 1.71 bits per heavy atom. The third-order valence-corrected chi connectivity index (χ3v) is 6.12. The summed E-state index contributed by atoms with van der Waals surface area (Å²) in [4.78, 5) is 67.3. The Morgan fingerprint density at radius 1 is 0.976 bits per heavy atom. The van der Waals surface area contributed by atoms with Crippen molar-refractivity contribution in [3.8, 4) is 11.6 Å². The van der Waals surface area contributed by atoms with Gasteiger partial charge in [-0.05, 0) is 49.7 Å². The van der Waals surface area contributed by atoms with Gasteiger partial charge in [0, 0.05) is 24.4 Å². The number of hydrogen-bond donors (Lipinski definition) is 0. The predicted molar refractivity (Wildman–Crippen MR) is 143 cm³/mol. The van der Waals surface area contributed by atoms with E-state index in [4.69, 9.17) is 25.8 Å². The maximum Gasteiger partial charge on any atom is 0.345 e. The first-order chi connectivity index (χ1) is 19.6. The first kappa shape index (κ1) is 29.1. The topological polar surface area (TPSA) is 136 Å². The molecule has 13 heteroatoms. The number of carbonyl (C=O) groups is 3. The minimum atomic E-state index is -1.46. The van der Waals surface area contributed by atoms with Gasteiger partial charge in [0.05, 0.1) is 22.3 Å². The van der Waals surface area contributed by atoms with Gasteiger partial charge in [0.2, 0.25) is 11.7 Å². The van der Waals surface area contributed by atoms with E-state index in [1.54, 1.807) is 26.0 Å². The average Bonchev–Trinajstić information content (AvgIpc) is 2.96. The Kier molecular flexibility index (Phi) is 8.85. The first-order valence-corrected chi connectivity index (χ1v) is 12.4. The number of aromatic nitrogens is 3. The number of pyridine rings is 1. The lowest BCUT2D eigenvalue weighted by atomic mass is 10.1. The van der Waals surface area contributed by atoms with Crippen LogP contribution in [-0.4, -0.2) is 38.6 Å². The maximum atomic E-state index is 14.2. The number of esters is 2. The molecule has 0 atom stereocenters. The molecule has 0 unspecified atom stereocenters. The summed E-state index contributed by atoms with van der Waals surface area (Å²) < 4.78 is 30.7. The summed E-state index contributed by atoms with van der Waals surface area (Å²) in [5.41, 5.74) is -2.16. The van der Waals surface area contributed by atoms with Crippen molar-refractivity contribution in [2.75, 3.05) is 6.61 Å². The average molecular weight is 582 g/mol. The molecule has 0 amide bonds. The van der Waals surface area contributed by atoms with Crippen LogP contribution >= 0.6 is 11.6 Å². The lowest BCUT2D eigenvalue weighted by molar-refractivity contribution is 0.0726. The van der Waals surface area contributed by atoms with Crippen molar-refractivity contribution >= 4 is 29.4 Å². The molecule has 0 aliphatic heterocycles. The number of ether oxygens (including phenoxy) is 3. The van der Waals surface area contributed by atoms with Crippen molar-refractivity contribution < 1.29 is 33.0 Å². The number of halogens is 2. The molecule has 0 aliphatic carbocycles. The van der Waals surface area contributed by atoms with Crippen LogP contribution in [0.25, 0.3) is 0 Å². The van der Waals surface area contributed by atoms with Gasteiger partial charge >= 0.3 is 17.6 Å². The Labute approximate surface area is 236 Å². The molecule has 0 saturated carbocycles. The van der Waals surface area contributed by atoms with Crippen LogP contribution in [-0.2, 0) is 11.5 Å². The Balaban J connectivity index is 1.54. The zero-order chi connectivity index (χ0) is 29.7. The smallest absolute Gasteiger partial charge is 0.345 e. The number of nitrogens with zero attached hydrogens (tertiary/aromatic N) is 3. The van der Waals surface area contributed by atoms with Gasteiger partial charge in [0.1, 0.15) is 12.5 Å². The SMILES string of the molecule is CCOCn1cc(F)c(=O)n(C(=O)c2cccc(C(=O)Oc3cc(OC(=O)c4cccc(C)c4Cl)ccn3)c2)c1=O. The molecule has 0 aliphatic rings. The summed E-state index contributed by atoms with van der Waals surface area (Å²) in [6.07, 6.45) is 1.89. The highest BCUT2D eigenvalue weighted by atomic mass is 35.5. The largest absolute Gasteiger partial charge is 0.423 e. The van der Waals surface area contributed by atoms with E-state index in [0.717, 1.165) is 10.6 Å². The van der Waals surface area contributed by atoms with E-state index in [1.807, 2.05) is 0 Å². The van der Waals surface area contributed by atoms with Gasteiger partial charge in [-0.1, -0.05) is 29.8 Å². The quantitative estimate of drug-likeness (QED) is 0.286. The van der Waals surface area contributed by atoms with Crippen LogP contribution in [0.15, 0.2) is 76.6 Å². The Bertz CT molecular complexity index is 1780. The zero-order valence-corrected chi connectivity index (χ0v) is 22.4. The number of rotatable bonds is 8. The van der Waals surface area contributed by atoms with Gasteiger partial charge in [0.25, 0.3) is 11.5 Å². The van der Waals surface area contributed by atoms with Crippen molar-refractivity contribution in [2.45, 2.75) is 20.6 Å². The molecule has 4 aromatic rings. The minimum Gasteiger partial charge on any atom is -0.423 e. The second-order valence-corrected chi connectivity index (χ2v) is 8.80. The van der Waals surface area contributed by atoms with Crippen LogP contribution in [0.3, 0.4) is 0 Å². The summed E-state index contributed by atoms with van der Waals surface area (Å²) in [5.74, 6) is -4.42. The highest BCUT2D eigenvalue weighted by Crippen LogP contribution is 2.24. The molecule has 2 aromatic carbocycles. The summed E-state index contributed by atoms with van der Waals surface area (Å²) in [7, 11) is 0. The van der Waals surface area contributed by atoms with E-state index in [2.05, 4.69) is 4.98 Å². The fourth-order valence-electron chi connectivity index (χ4n) is 3.57. The lowest BCUT2D eigenvalue weighted by Crippen LogP contribution is -2.45. The molecule has 2 aromatic heterocycles. The first-order valence-electron chi connectivity index (χ1n) is 12.0. The van der Waals surface area contributed by atoms with Gasteiger partial charge in [-0.15, -0.1) is 0 Å². The molecule has 0 bridgehead atoms. The number of carbonyl (C=O) groups excluding carboxylic acids is 3. The highest BCUT2D eigenvalue weighted by molar-refractivity contribution is 6.34. The second-order valence-electron chi connectivity index (χ2n) is 8.42. The monoisotopic (exact) mass is 581 g/mol. The van der Waals surface area contributed by atoms with Crippen molar-refractivity contribution in [3.63, 3.8) is 0 Å². The molecular weight excluding hydrogens is 561 g/mol. The minimum absolute atomic E-state index is 0.0168. The van der Waals surface area contributed by atoms with Gasteiger partial charge < -0.3 is 14.2 Å². The zero-order valence-electron chi connectivity index (χ0n) is 21.6. The van der Waals surface area contributed by atoms with E-state index < -0.39 is 34.9 Å². The molecule has 0 radical (unpaired) electrons. The standard InChI is InChI=1S/C28H21ClFN3O8/c1-3-39-15-32-14-21(30)25(35)33(28(32)38)24(34)17-7-5-8-18(12-17)26(36)41-22-13-19(10-11-31-22)40-27(37)20-9-4-6-16(2)23(20)29/h4-14H,3,15H2,1-2H3. The molecule has 2 heterocycles. The number of benzene rings is 2. The van der Waals surface area contributed by atoms with Crippen LogP contribution < -0.4 is 20.7 Å². The van der Waals surface area contributed by atoms with E-state index in [9.17, 15) is 28.4 Å². The number of aryl methyl sites for hydroxylation is 1. The van der Waals surface area contributed by atoms with Crippen LogP contribution in [0, 0.1) is 12.7 Å². The Morgan fingerprint density at radius 3 is 2.46 bits per heavy atom. The summed E-state index contributed by atoms with van der Waals surface area (Å²) in [6, 6.07) is 12.4. The molecule has 0 fully saturated rings. The lowest BCUT2D eigenvalue weighted by Gasteiger charge is -2.10. The molecule has 0 saturated heterocycles. The van der Waals surface area contributed by atoms with Crippen LogP contribution in [0.1, 0.15) is 43.6 Å². The van der Waals surface area contributed by atoms with Gasteiger partial charge in [-0.25, -0.2) is 19.4 Å². The fourth-order valence-corrected chi connectivity index (χ4v) is 3.77. The van der Waals surface area contributed by atoms with E-state index in [-0.39, 0.29) is 51.2 Å². The summed E-state index contributed by atoms with van der Waals surface area (Å²) >= 11 is 6.18. The fraction of sp³-hybridized carbons (Fsp3) is 0.143. The third-order valence-electron chi connectivity index (χ3n) is 5.62. The van der Waals surface area contributed by atoms with E-state index in [0.29, 0.717) is 11.8 Å². The van der Waals surface area contributed by atoms with Crippen LogP contribution in [0.2, 0.25) is 5.02 Å². The van der Waals surface area contributed by atoms with Crippen LogP contribution in [0.4, 0.5) is 4.39 Å². The van der Waals surface area contributed by atoms with Crippen molar-refractivity contribution in [2.24, 2.45) is 0 Å². The summed E-state index contributed by atoms with van der Waals surface area (Å²) in [5, 5.41) is 0.237. The number of hydrogen-bond acceptors (Lipinski definition) is 9. The normalized spacial score (nSPS) is 10.7. The highest BCUT2D eigenvalue weighted by Gasteiger charge is 2.21. The molecule has 11 nitrogen and oxygen atoms in total. The molecule has 0 spiro atoms. The van der Waals surface area contributed by atoms with Crippen molar-refractivity contribution in [1.29, 1.82) is 0 Å². The van der Waals surface area contributed by atoms with E-state index in [1.165, 1.54) is 42.6 Å². The van der Waals surface area contributed by atoms with Crippen molar-refractivity contribution in [3.05, 3.63) is 121 Å².